The van der Waals surface area contributed by atoms with Crippen molar-refractivity contribution in [3.63, 3.8) is 0 Å². The van der Waals surface area contributed by atoms with Gasteiger partial charge >= 0.3 is 6.09 Å². The van der Waals surface area contributed by atoms with Crippen molar-refractivity contribution in [1.82, 2.24) is 9.88 Å². The van der Waals surface area contributed by atoms with Crippen LogP contribution in [0.5, 0.6) is 11.5 Å². The Morgan fingerprint density at radius 1 is 1.04 bits per heavy atom. The SMILES string of the molecule is O=C1OCCN1Cc1ccc(NCc2cc3c(cn2)OCCO3)cc1. The molecule has 4 rings (SSSR count). The highest BCUT2D eigenvalue weighted by atomic mass is 16.6. The summed E-state index contributed by atoms with van der Waals surface area (Å²) in [6, 6.07) is 9.90. The first-order valence-electron chi connectivity index (χ1n) is 8.27. The standard InChI is InChI=1S/C18H19N3O4/c22-18-21(5-6-25-18)12-13-1-3-14(4-2-13)19-10-15-9-16-17(11-20-15)24-8-7-23-16/h1-4,9,11,19H,5-8,10,12H2. The van der Waals surface area contributed by atoms with E-state index in [1.165, 1.54) is 0 Å². The maximum absolute atomic E-state index is 11.5. The molecule has 7 heteroatoms. The first-order valence-corrected chi connectivity index (χ1v) is 8.27. The van der Waals surface area contributed by atoms with E-state index >= 15 is 0 Å². The Bertz CT molecular complexity index is 763. The average Bonchev–Trinajstić information content (AvgIpc) is 3.06. The number of ether oxygens (including phenoxy) is 3. The number of benzene rings is 1. The number of amides is 1. The Balaban J connectivity index is 1.34. The summed E-state index contributed by atoms with van der Waals surface area (Å²) in [7, 11) is 0. The van der Waals surface area contributed by atoms with Crippen molar-refractivity contribution in [1.29, 1.82) is 0 Å². The average molecular weight is 341 g/mol. The normalized spacial score (nSPS) is 15.8. The van der Waals surface area contributed by atoms with E-state index in [2.05, 4.69) is 10.3 Å². The maximum Gasteiger partial charge on any atom is 0.410 e. The van der Waals surface area contributed by atoms with Crippen LogP contribution in [0.15, 0.2) is 36.5 Å². The van der Waals surface area contributed by atoms with Crippen LogP contribution < -0.4 is 14.8 Å². The number of carbonyl (C=O) groups excluding carboxylic acids is 1. The van der Waals surface area contributed by atoms with Crippen molar-refractivity contribution in [2.24, 2.45) is 0 Å². The van der Waals surface area contributed by atoms with Crippen LogP contribution in [-0.2, 0) is 17.8 Å². The third kappa shape index (κ3) is 3.60. The third-order valence-electron chi connectivity index (χ3n) is 4.13. The van der Waals surface area contributed by atoms with Crippen LogP contribution in [-0.4, -0.2) is 42.3 Å². The summed E-state index contributed by atoms with van der Waals surface area (Å²) < 4.78 is 16.0. The summed E-state index contributed by atoms with van der Waals surface area (Å²) in [6.07, 6.45) is 1.45. The van der Waals surface area contributed by atoms with Crippen LogP contribution in [0.3, 0.4) is 0 Å². The Labute approximate surface area is 145 Å². The van der Waals surface area contributed by atoms with E-state index in [0.717, 1.165) is 22.7 Å². The van der Waals surface area contributed by atoms with Gasteiger partial charge in [0.2, 0.25) is 0 Å². The van der Waals surface area contributed by atoms with Crippen LogP contribution >= 0.6 is 0 Å². The van der Waals surface area contributed by atoms with Crippen LogP contribution in [0, 0.1) is 0 Å². The number of hydrogen-bond acceptors (Lipinski definition) is 6. The van der Waals surface area contributed by atoms with E-state index < -0.39 is 0 Å². The highest BCUT2D eigenvalue weighted by molar-refractivity contribution is 5.69. The zero-order chi connectivity index (χ0) is 17.1. The highest BCUT2D eigenvalue weighted by Crippen LogP contribution is 2.29. The van der Waals surface area contributed by atoms with Gasteiger partial charge in [0.15, 0.2) is 11.5 Å². The minimum absolute atomic E-state index is 0.244. The Hall–Kier alpha value is -2.96. The summed E-state index contributed by atoms with van der Waals surface area (Å²) in [5.41, 5.74) is 2.94. The van der Waals surface area contributed by atoms with Crippen molar-refractivity contribution in [2.45, 2.75) is 13.1 Å². The van der Waals surface area contributed by atoms with Gasteiger partial charge in [-0.15, -0.1) is 0 Å². The first-order chi connectivity index (χ1) is 12.3. The number of cyclic esters (lactones) is 1. The van der Waals surface area contributed by atoms with Gasteiger partial charge in [0.25, 0.3) is 0 Å². The number of aromatic nitrogens is 1. The molecule has 1 fully saturated rings. The smallest absolute Gasteiger partial charge is 0.410 e. The summed E-state index contributed by atoms with van der Waals surface area (Å²) in [5.74, 6) is 1.44. The number of nitrogens with one attached hydrogen (secondary N) is 1. The van der Waals surface area contributed by atoms with E-state index in [0.29, 0.717) is 45.2 Å². The topological polar surface area (TPSA) is 72.9 Å². The van der Waals surface area contributed by atoms with Gasteiger partial charge in [0, 0.05) is 18.3 Å². The molecule has 3 heterocycles. The van der Waals surface area contributed by atoms with Gasteiger partial charge in [-0.3, -0.25) is 4.98 Å². The number of nitrogens with zero attached hydrogens (tertiary/aromatic N) is 2. The third-order valence-corrected chi connectivity index (χ3v) is 4.13. The molecule has 1 aromatic heterocycles. The zero-order valence-corrected chi connectivity index (χ0v) is 13.7. The van der Waals surface area contributed by atoms with Crippen LogP contribution in [0.2, 0.25) is 0 Å². The molecule has 0 unspecified atom stereocenters. The lowest BCUT2D eigenvalue weighted by Gasteiger charge is -2.18. The highest BCUT2D eigenvalue weighted by Gasteiger charge is 2.21. The van der Waals surface area contributed by atoms with E-state index in [9.17, 15) is 4.79 Å². The van der Waals surface area contributed by atoms with Crippen molar-refractivity contribution < 1.29 is 19.0 Å². The van der Waals surface area contributed by atoms with Gasteiger partial charge in [-0.1, -0.05) is 12.1 Å². The predicted octanol–water partition coefficient (Wildman–Crippen LogP) is 2.42. The minimum Gasteiger partial charge on any atom is -0.486 e. The molecule has 2 aliphatic rings. The fourth-order valence-electron chi connectivity index (χ4n) is 2.80. The lowest BCUT2D eigenvalue weighted by Crippen LogP contribution is -2.23. The maximum atomic E-state index is 11.5. The van der Waals surface area contributed by atoms with Crippen molar-refractivity contribution in [3.05, 3.63) is 47.8 Å². The number of rotatable bonds is 5. The van der Waals surface area contributed by atoms with Gasteiger partial charge < -0.3 is 24.4 Å². The molecule has 0 saturated carbocycles. The van der Waals surface area contributed by atoms with E-state index in [4.69, 9.17) is 14.2 Å². The second-order valence-corrected chi connectivity index (χ2v) is 5.91. The van der Waals surface area contributed by atoms with E-state index in [1.807, 2.05) is 30.3 Å². The van der Waals surface area contributed by atoms with Gasteiger partial charge in [0.05, 0.1) is 25.0 Å². The van der Waals surface area contributed by atoms with E-state index in [-0.39, 0.29) is 6.09 Å². The molecule has 1 amide bonds. The molecule has 1 aromatic carbocycles. The second-order valence-electron chi connectivity index (χ2n) is 5.91. The van der Waals surface area contributed by atoms with Crippen molar-refractivity contribution in [2.75, 3.05) is 31.7 Å². The molecule has 0 aliphatic carbocycles. The quantitative estimate of drug-likeness (QED) is 0.900. The fourth-order valence-corrected chi connectivity index (χ4v) is 2.80. The Morgan fingerprint density at radius 2 is 1.84 bits per heavy atom. The molecule has 1 saturated heterocycles. The van der Waals surface area contributed by atoms with Crippen LogP contribution in [0.1, 0.15) is 11.3 Å². The van der Waals surface area contributed by atoms with Crippen LogP contribution in [0.25, 0.3) is 0 Å². The second kappa shape index (κ2) is 6.88. The number of pyridine rings is 1. The minimum atomic E-state index is -0.244. The predicted molar refractivity (Wildman–Crippen MR) is 90.8 cm³/mol. The lowest BCUT2D eigenvalue weighted by atomic mass is 10.2. The summed E-state index contributed by atoms with van der Waals surface area (Å²) in [6.45, 7) is 3.41. The molecule has 1 N–H and O–H groups in total. The Kier molecular flexibility index (Phi) is 4.28. The molecule has 2 aromatic rings. The van der Waals surface area contributed by atoms with E-state index in [1.54, 1.807) is 11.1 Å². The first kappa shape index (κ1) is 15.6. The molecule has 7 nitrogen and oxygen atoms in total. The molecule has 130 valence electrons. The lowest BCUT2D eigenvalue weighted by molar-refractivity contribution is 0.157. The Morgan fingerprint density at radius 3 is 2.60 bits per heavy atom. The largest absolute Gasteiger partial charge is 0.486 e. The van der Waals surface area contributed by atoms with Crippen molar-refractivity contribution >= 4 is 11.8 Å². The van der Waals surface area contributed by atoms with Gasteiger partial charge in [0.1, 0.15) is 19.8 Å². The molecule has 0 spiro atoms. The zero-order valence-electron chi connectivity index (χ0n) is 13.7. The summed E-state index contributed by atoms with van der Waals surface area (Å²) in [4.78, 5) is 17.5. The molecule has 25 heavy (non-hydrogen) atoms. The number of carbonyl (C=O) groups is 1. The fraction of sp³-hybridized carbons (Fsp3) is 0.333. The molecular weight excluding hydrogens is 322 g/mol. The van der Waals surface area contributed by atoms with Gasteiger partial charge in [-0.25, -0.2) is 4.79 Å². The van der Waals surface area contributed by atoms with Crippen LogP contribution in [0.4, 0.5) is 10.5 Å². The monoisotopic (exact) mass is 341 g/mol. The van der Waals surface area contributed by atoms with Crippen molar-refractivity contribution in [3.8, 4) is 11.5 Å². The number of fused-ring (bicyclic) bond motifs is 1. The number of hydrogen-bond donors (Lipinski definition) is 1. The molecule has 0 atom stereocenters. The molecule has 2 aliphatic heterocycles. The van der Waals surface area contributed by atoms with Gasteiger partial charge in [-0.2, -0.15) is 0 Å². The summed E-state index contributed by atoms with van der Waals surface area (Å²) in [5, 5.41) is 3.33. The number of anilines is 1. The van der Waals surface area contributed by atoms with Gasteiger partial charge in [-0.05, 0) is 17.7 Å². The summed E-state index contributed by atoms with van der Waals surface area (Å²) >= 11 is 0. The molecule has 0 bridgehead atoms. The molecule has 0 radical (unpaired) electrons. The molecular formula is C18H19N3O4.